The summed E-state index contributed by atoms with van der Waals surface area (Å²) < 4.78 is 19.8. The first kappa shape index (κ1) is 35.8. The number of unbranched alkanes of at least 4 members (excludes halogenated alkanes) is 1. The van der Waals surface area contributed by atoms with Crippen LogP contribution in [0.15, 0.2) is 72.8 Å². The van der Waals surface area contributed by atoms with Crippen LogP contribution in [0.25, 0.3) is 11.1 Å². The molecule has 45 heavy (non-hydrogen) atoms. The molecule has 3 aromatic rings. The predicted octanol–water partition coefficient (Wildman–Crippen LogP) is 7.55. The number of benzene rings is 3. The average molecular weight is 618 g/mol. The van der Waals surface area contributed by atoms with E-state index in [1.165, 1.54) is 13.8 Å². The lowest BCUT2D eigenvalue weighted by molar-refractivity contribution is -0.126. The van der Waals surface area contributed by atoms with Gasteiger partial charge in [-0.05, 0) is 74.0 Å². The number of methoxy groups -OCH3 is 1. The summed E-state index contributed by atoms with van der Waals surface area (Å²) in [6.07, 6.45) is 3.29. The number of halogens is 1. The summed E-state index contributed by atoms with van der Waals surface area (Å²) in [6.45, 7) is 13.5. The number of para-hydroxylation sites is 1. The molecule has 0 saturated carbocycles. The van der Waals surface area contributed by atoms with Crippen molar-refractivity contribution in [1.82, 2.24) is 15.5 Å². The van der Waals surface area contributed by atoms with Crippen LogP contribution in [0.2, 0.25) is 0 Å². The molecular weight excluding hydrogens is 565 g/mol. The van der Waals surface area contributed by atoms with Crippen molar-refractivity contribution in [3.8, 4) is 16.9 Å². The lowest BCUT2D eigenvalue weighted by Crippen LogP contribution is -2.47. The van der Waals surface area contributed by atoms with Gasteiger partial charge < -0.3 is 20.3 Å². The van der Waals surface area contributed by atoms with E-state index in [2.05, 4.69) is 27.7 Å². The molecule has 2 N–H and O–H groups in total. The highest BCUT2D eigenvalue weighted by Crippen LogP contribution is 2.51. The van der Waals surface area contributed by atoms with Crippen molar-refractivity contribution in [2.75, 3.05) is 33.3 Å². The zero-order valence-electron chi connectivity index (χ0n) is 28.2. The molecule has 0 aromatic heterocycles. The number of carbonyl (C=O) groups excluding carboxylic acids is 2. The van der Waals surface area contributed by atoms with Gasteiger partial charge in [-0.3, -0.25) is 9.59 Å². The summed E-state index contributed by atoms with van der Waals surface area (Å²) in [7, 11) is 1.57. The Morgan fingerprint density at radius 1 is 0.911 bits per heavy atom. The van der Waals surface area contributed by atoms with E-state index in [0.717, 1.165) is 61.2 Å². The van der Waals surface area contributed by atoms with Gasteiger partial charge in [0.05, 0.1) is 19.2 Å². The summed E-state index contributed by atoms with van der Waals surface area (Å²) >= 11 is 0. The second-order valence-electron chi connectivity index (χ2n) is 11.8. The molecule has 7 heteroatoms. The van der Waals surface area contributed by atoms with Crippen molar-refractivity contribution in [3.05, 3.63) is 89.5 Å². The molecule has 1 unspecified atom stereocenters. The zero-order valence-corrected chi connectivity index (χ0v) is 28.2. The molecule has 1 aliphatic heterocycles. The van der Waals surface area contributed by atoms with Gasteiger partial charge in [-0.1, -0.05) is 94.8 Å². The van der Waals surface area contributed by atoms with E-state index in [-0.39, 0.29) is 24.4 Å². The van der Waals surface area contributed by atoms with Crippen LogP contribution in [-0.2, 0) is 10.2 Å². The molecule has 1 saturated heterocycles. The van der Waals surface area contributed by atoms with Crippen molar-refractivity contribution in [2.24, 2.45) is 0 Å². The molecule has 0 bridgehead atoms. The Hall–Kier alpha value is -3.71. The van der Waals surface area contributed by atoms with Crippen molar-refractivity contribution >= 4 is 11.8 Å². The predicted molar refractivity (Wildman–Crippen MR) is 183 cm³/mol. The van der Waals surface area contributed by atoms with Gasteiger partial charge >= 0.3 is 0 Å². The van der Waals surface area contributed by atoms with Crippen LogP contribution in [0.5, 0.6) is 5.75 Å². The van der Waals surface area contributed by atoms with Gasteiger partial charge in [-0.25, -0.2) is 4.39 Å². The van der Waals surface area contributed by atoms with Gasteiger partial charge in [0.25, 0.3) is 5.91 Å². The molecule has 6 nitrogen and oxygen atoms in total. The third-order valence-corrected chi connectivity index (χ3v) is 8.36. The Kier molecular flexibility index (Phi) is 13.2. The monoisotopic (exact) mass is 617 g/mol. The van der Waals surface area contributed by atoms with Crippen LogP contribution in [0.4, 0.5) is 4.39 Å². The summed E-state index contributed by atoms with van der Waals surface area (Å²) in [5.41, 5.74) is 2.34. The highest BCUT2D eigenvalue weighted by Gasteiger charge is 2.48. The molecule has 2 amide bonds. The fourth-order valence-corrected chi connectivity index (χ4v) is 6.37. The first-order valence-corrected chi connectivity index (χ1v) is 16.6. The molecule has 5 rings (SSSR count). The van der Waals surface area contributed by atoms with Gasteiger partial charge in [0, 0.05) is 19.1 Å². The molecule has 0 radical (unpaired) electrons. The van der Waals surface area contributed by atoms with Crippen LogP contribution in [0.1, 0.15) is 88.7 Å². The van der Waals surface area contributed by atoms with E-state index >= 15 is 0 Å². The quantitative estimate of drug-likeness (QED) is 0.218. The Bertz CT molecular complexity index is 1360. The minimum absolute atomic E-state index is 0.0341. The van der Waals surface area contributed by atoms with Crippen LogP contribution < -0.4 is 15.4 Å². The van der Waals surface area contributed by atoms with E-state index in [9.17, 15) is 14.0 Å². The third kappa shape index (κ3) is 8.31. The summed E-state index contributed by atoms with van der Waals surface area (Å²) in [6, 6.07) is 23.6. The second-order valence-corrected chi connectivity index (χ2v) is 11.8. The van der Waals surface area contributed by atoms with Crippen LogP contribution >= 0.6 is 0 Å². The SMILES string of the molecule is CC.CC.COc1ccccc1C(=O)NC1CCN(CCCCC2(C(=O)NCC(C)(C)F)c3ccccc3-c3ccccc32)C1. The van der Waals surface area contributed by atoms with E-state index < -0.39 is 11.1 Å². The number of hydrogen-bond donors (Lipinski definition) is 2. The number of alkyl halides is 1. The van der Waals surface area contributed by atoms with Crippen LogP contribution in [-0.4, -0.2) is 61.7 Å². The minimum atomic E-state index is -1.50. The van der Waals surface area contributed by atoms with Crippen LogP contribution in [0.3, 0.4) is 0 Å². The van der Waals surface area contributed by atoms with Gasteiger partial charge in [-0.2, -0.15) is 0 Å². The minimum Gasteiger partial charge on any atom is -0.496 e. The number of carbonyl (C=O) groups is 2. The maximum Gasteiger partial charge on any atom is 0.255 e. The molecule has 244 valence electrons. The molecule has 1 fully saturated rings. The Morgan fingerprint density at radius 2 is 1.49 bits per heavy atom. The van der Waals surface area contributed by atoms with E-state index in [0.29, 0.717) is 17.7 Å². The highest BCUT2D eigenvalue weighted by molar-refractivity contribution is 6.00. The fourth-order valence-electron chi connectivity index (χ4n) is 6.37. The Labute approximate surface area is 269 Å². The maximum absolute atomic E-state index is 14.4. The van der Waals surface area contributed by atoms with E-state index in [1.54, 1.807) is 19.2 Å². The normalized spacial score (nSPS) is 16.2. The highest BCUT2D eigenvalue weighted by atomic mass is 19.1. The van der Waals surface area contributed by atoms with Crippen molar-refractivity contribution in [2.45, 2.75) is 84.4 Å². The second kappa shape index (κ2) is 16.6. The molecule has 2 aliphatic rings. The lowest BCUT2D eigenvalue weighted by atomic mass is 9.73. The molecule has 1 atom stereocenters. The number of nitrogens with one attached hydrogen (secondary N) is 2. The largest absolute Gasteiger partial charge is 0.496 e. The molecule has 1 aliphatic carbocycles. The van der Waals surface area contributed by atoms with Gasteiger partial charge in [0.2, 0.25) is 5.91 Å². The van der Waals surface area contributed by atoms with Crippen molar-refractivity contribution in [1.29, 1.82) is 0 Å². The lowest BCUT2D eigenvalue weighted by Gasteiger charge is -2.32. The number of fused-ring (bicyclic) bond motifs is 3. The van der Waals surface area contributed by atoms with Gasteiger partial charge in [0.1, 0.15) is 16.8 Å². The third-order valence-electron chi connectivity index (χ3n) is 8.36. The van der Waals surface area contributed by atoms with Gasteiger partial charge in [-0.15, -0.1) is 0 Å². The molecule has 0 spiro atoms. The molecule has 1 heterocycles. The smallest absolute Gasteiger partial charge is 0.255 e. The topological polar surface area (TPSA) is 70.7 Å². The number of nitrogens with zero attached hydrogens (tertiary/aromatic N) is 1. The Balaban J connectivity index is 0.00000133. The van der Waals surface area contributed by atoms with Gasteiger partial charge in [0.15, 0.2) is 0 Å². The Morgan fingerprint density at radius 3 is 2.09 bits per heavy atom. The van der Waals surface area contributed by atoms with Crippen molar-refractivity contribution < 1.29 is 18.7 Å². The van der Waals surface area contributed by atoms with E-state index in [4.69, 9.17) is 4.74 Å². The van der Waals surface area contributed by atoms with E-state index in [1.807, 2.05) is 76.2 Å². The average Bonchev–Trinajstić information content (AvgIpc) is 3.64. The number of amides is 2. The number of rotatable bonds is 11. The summed E-state index contributed by atoms with van der Waals surface area (Å²) in [5.74, 6) is 0.321. The fraction of sp³-hybridized carbons (Fsp3) is 0.474. The molecule has 3 aromatic carbocycles. The molecular formula is C38H52FN3O3. The number of ether oxygens (including phenoxy) is 1. The zero-order chi connectivity index (χ0) is 33.0. The van der Waals surface area contributed by atoms with Crippen LogP contribution in [0, 0.1) is 0 Å². The summed E-state index contributed by atoms with van der Waals surface area (Å²) in [4.78, 5) is 29.2. The first-order valence-electron chi connectivity index (χ1n) is 16.6. The maximum atomic E-state index is 14.4. The summed E-state index contributed by atoms with van der Waals surface area (Å²) in [5, 5.41) is 6.10. The standard InChI is InChI=1S/C34H40FN3O3.2C2H6/c1-33(2,35)23-36-32(40)34(28-15-7-4-12-25(28)26-13-5-8-16-29(26)34)19-10-11-20-38-21-18-24(22-38)37-31(39)27-14-6-9-17-30(27)41-3;2*1-2/h4-9,12-17,24H,10-11,18-23H2,1-3H3,(H,36,40)(H,37,39);2*1-2H3. The number of hydrogen-bond acceptors (Lipinski definition) is 4. The first-order chi connectivity index (χ1) is 21.7. The van der Waals surface area contributed by atoms with Crippen molar-refractivity contribution in [3.63, 3.8) is 0 Å². The number of likely N-dealkylation sites (tertiary alicyclic amines) is 1.